The van der Waals surface area contributed by atoms with Gasteiger partial charge in [0.25, 0.3) is 11.8 Å². The molecule has 0 atom stereocenters. The maximum atomic E-state index is 13.1. The van der Waals surface area contributed by atoms with Crippen molar-refractivity contribution in [1.29, 1.82) is 0 Å². The zero-order valence-corrected chi connectivity index (χ0v) is 22.2. The standard InChI is InChI=1S/C31H29ClN2O5/c32-24-11-13-25(14-12-24)34-30(36)28(29(35)33-31(34)37)20-21-5-4-8-27(19-21)39-18-17-38-26-15-9-23(10-16-26)22-6-2-1-3-7-22/h4-5,8-16,19-20,22H,1-3,6-7,17-18H2,(H,33,35,37)/b28-20+. The number of amides is 4. The molecule has 5 rings (SSSR count). The lowest BCUT2D eigenvalue weighted by Crippen LogP contribution is -2.54. The average molecular weight is 545 g/mol. The Kier molecular flexibility index (Phi) is 8.27. The minimum Gasteiger partial charge on any atom is -0.490 e. The molecule has 0 spiro atoms. The Hall–Kier alpha value is -4.10. The Labute approximate surface area is 232 Å². The summed E-state index contributed by atoms with van der Waals surface area (Å²) < 4.78 is 11.7. The molecule has 3 aromatic carbocycles. The molecule has 3 aromatic rings. The summed E-state index contributed by atoms with van der Waals surface area (Å²) in [5.41, 5.74) is 2.10. The van der Waals surface area contributed by atoms with Crippen molar-refractivity contribution >= 4 is 41.2 Å². The van der Waals surface area contributed by atoms with Crippen molar-refractivity contribution in [2.24, 2.45) is 0 Å². The van der Waals surface area contributed by atoms with Crippen molar-refractivity contribution in [2.75, 3.05) is 18.1 Å². The molecule has 1 aliphatic heterocycles. The van der Waals surface area contributed by atoms with E-state index in [2.05, 4.69) is 17.4 Å². The van der Waals surface area contributed by atoms with Crippen LogP contribution in [0.3, 0.4) is 0 Å². The SMILES string of the molecule is O=C1NC(=O)N(c2ccc(Cl)cc2)C(=O)/C1=C/c1cccc(OCCOc2ccc(C3CCCCC3)cc2)c1. The van der Waals surface area contributed by atoms with Crippen LogP contribution in [-0.2, 0) is 9.59 Å². The van der Waals surface area contributed by atoms with E-state index in [4.69, 9.17) is 21.1 Å². The van der Waals surface area contributed by atoms with Gasteiger partial charge in [0.2, 0.25) is 0 Å². The summed E-state index contributed by atoms with van der Waals surface area (Å²) in [6.45, 7) is 0.690. The van der Waals surface area contributed by atoms with Gasteiger partial charge in [0.05, 0.1) is 5.69 Å². The maximum Gasteiger partial charge on any atom is 0.335 e. The minimum absolute atomic E-state index is 0.165. The number of barbiturate groups is 1. The second-order valence-electron chi connectivity index (χ2n) is 9.61. The molecule has 0 unspecified atom stereocenters. The van der Waals surface area contributed by atoms with E-state index in [1.807, 2.05) is 12.1 Å². The molecule has 4 amide bonds. The molecule has 200 valence electrons. The molecule has 7 nitrogen and oxygen atoms in total. The third-order valence-corrected chi connectivity index (χ3v) is 7.19. The van der Waals surface area contributed by atoms with Gasteiger partial charge in [0, 0.05) is 5.02 Å². The molecule has 1 aliphatic carbocycles. The number of carbonyl (C=O) groups excluding carboxylic acids is 3. The van der Waals surface area contributed by atoms with Crippen LogP contribution in [0.2, 0.25) is 5.02 Å². The van der Waals surface area contributed by atoms with E-state index in [1.165, 1.54) is 55.9 Å². The molecule has 2 fully saturated rings. The number of ether oxygens (including phenoxy) is 2. The summed E-state index contributed by atoms with van der Waals surface area (Å²) in [4.78, 5) is 38.8. The Morgan fingerprint density at radius 3 is 2.26 bits per heavy atom. The molecule has 1 heterocycles. The van der Waals surface area contributed by atoms with Crippen LogP contribution in [0.1, 0.15) is 49.1 Å². The number of nitrogens with one attached hydrogen (secondary N) is 1. The first-order valence-electron chi connectivity index (χ1n) is 13.1. The number of rotatable bonds is 8. The molecule has 39 heavy (non-hydrogen) atoms. The van der Waals surface area contributed by atoms with Gasteiger partial charge in [-0.25, -0.2) is 9.69 Å². The number of imide groups is 2. The Bertz CT molecular complexity index is 1380. The van der Waals surface area contributed by atoms with Crippen LogP contribution in [0.5, 0.6) is 11.5 Å². The lowest BCUT2D eigenvalue weighted by Gasteiger charge is -2.26. The Balaban J connectivity index is 1.18. The topological polar surface area (TPSA) is 84.9 Å². The molecular weight excluding hydrogens is 516 g/mol. The highest BCUT2D eigenvalue weighted by molar-refractivity contribution is 6.39. The number of nitrogens with zero attached hydrogens (tertiary/aromatic N) is 1. The van der Waals surface area contributed by atoms with Crippen LogP contribution in [0, 0.1) is 0 Å². The quantitative estimate of drug-likeness (QED) is 0.198. The monoisotopic (exact) mass is 544 g/mol. The van der Waals surface area contributed by atoms with Gasteiger partial charge in [-0.1, -0.05) is 55.1 Å². The molecule has 2 aliphatic rings. The molecule has 1 saturated heterocycles. The average Bonchev–Trinajstić information content (AvgIpc) is 2.95. The summed E-state index contributed by atoms with van der Waals surface area (Å²) in [6.07, 6.45) is 7.93. The van der Waals surface area contributed by atoms with Crippen molar-refractivity contribution in [2.45, 2.75) is 38.0 Å². The van der Waals surface area contributed by atoms with Crippen molar-refractivity contribution in [3.63, 3.8) is 0 Å². The first kappa shape index (κ1) is 26.5. The minimum atomic E-state index is -0.815. The van der Waals surface area contributed by atoms with Crippen molar-refractivity contribution in [3.05, 3.63) is 94.5 Å². The summed E-state index contributed by atoms with van der Waals surface area (Å²) in [7, 11) is 0. The summed E-state index contributed by atoms with van der Waals surface area (Å²) in [6, 6.07) is 20.7. The predicted molar refractivity (Wildman–Crippen MR) is 150 cm³/mol. The van der Waals surface area contributed by atoms with Gasteiger partial charge < -0.3 is 9.47 Å². The van der Waals surface area contributed by atoms with Crippen molar-refractivity contribution in [1.82, 2.24) is 5.32 Å². The van der Waals surface area contributed by atoms with Gasteiger partial charge in [-0.05, 0) is 84.5 Å². The number of anilines is 1. The summed E-state index contributed by atoms with van der Waals surface area (Å²) >= 11 is 5.92. The smallest absolute Gasteiger partial charge is 0.335 e. The van der Waals surface area contributed by atoms with E-state index >= 15 is 0 Å². The maximum absolute atomic E-state index is 13.1. The van der Waals surface area contributed by atoms with Crippen LogP contribution in [0.4, 0.5) is 10.5 Å². The second kappa shape index (κ2) is 12.2. The molecule has 1 saturated carbocycles. The highest BCUT2D eigenvalue weighted by Crippen LogP contribution is 2.33. The lowest BCUT2D eigenvalue weighted by molar-refractivity contribution is -0.122. The Morgan fingerprint density at radius 2 is 1.54 bits per heavy atom. The fraction of sp³-hybridized carbons (Fsp3) is 0.258. The number of urea groups is 1. The normalized spacial score (nSPS) is 17.3. The van der Waals surface area contributed by atoms with Crippen LogP contribution in [-0.4, -0.2) is 31.1 Å². The third kappa shape index (κ3) is 6.49. The largest absolute Gasteiger partial charge is 0.490 e. The van der Waals surface area contributed by atoms with Gasteiger partial charge >= 0.3 is 6.03 Å². The molecule has 1 N–H and O–H groups in total. The van der Waals surface area contributed by atoms with Crippen LogP contribution in [0.25, 0.3) is 6.08 Å². The summed E-state index contributed by atoms with van der Waals surface area (Å²) in [5, 5.41) is 2.68. The van der Waals surface area contributed by atoms with Gasteiger partial charge in [-0.15, -0.1) is 0 Å². The van der Waals surface area contributed by atoms with E-state index in [0.29, 0.717) is 41.2 Å². The number of carbonyl (C=O) groups is 3. The molecule has 0 aromatic heterocycles. The number of halogens is 1. The van der Waals surface area contributed by atoms with Crippen LogP contribution < -0.4 is 19.7 Å². The van der Waals surface area contributed by atoms with Crippen LogP contribution in [0.15, 0.2) is 78.4 Å². The molecule has 8 heteroatoms. The van der Waals surface area contributed by atoms with Gasteiger partial charge in [0.15, 0.2) is 0 Å². The third-order valence-electron chi connectivity index (χ3n) is 6.93. The van der Waals surface area contributed by atoms with Crippen molar-refractivity contribution < 1.29 is 23.9 Å². The predicted octanol–water partition coefficient (Wildman–Crippen LogP) is 6.51. The van der Waals surface area contributed by atoms with E-state index in [1.54, 1.807) is 36.4 Å². The van der Waals surface area contributed by atoms with Gasteiger partial charge in [-0.2, -0.15) is 0 Å². The van der Waals surface area contributed by atoms with Gasteiger partial charge in [-0.3, -0.25) is 14.9 Å². The molecular formula is C31H29ClN2O5. The highest BCUT2D eigenvalue weighted by Gasteiger charge is 2.36. The molecule has 0 bridgehead atoms. The lowest BCUT2D eigenvalue weighted by atomic mass is 9.84. The number of benzene rings is 3. The van der Waals surface area contributed by atoms with E-state index in [0.717, 1.165) is 10.6 Å². The summed E-state index contributed by atoms with van der Waals surface area (Å²) in [5.74, 6) is 0.548. The highest BCUT2D eigenvalue weighted by atomic mass is 35.5. The fourth-order valence-corrected chi connectivity index (χ4v) is 5.06. The zero-order valence-electron chi connectivity index (χ0n) is 21.4. The van der Waals surface area contributed by atoms with E-state index in [9.17, 15) is 14.4 Å². The van der Waals surface area contributed by atoms with E-state index < -0.39 is 17.8 Å². The first-order valence-corrected chi connectivity index (χ1v) is 13.5. The number of hydrogen-bond acceptors (Lipinski definition) is 5. The van der Waals surface area contributed by atoms with Crippen LogP contribution >= 0.6 is 11.6 Å². The zero-order chi connectivity index (χ0) is 27.2. The number of hydrogen-bond donors (Lipinski definition) is 1. The van der Waals surface area contributed by atoms with Gasteiger partial charge in [0.1, 0.15) is 30.3 Å². The van der Waals surface area contributed by atoms with Crippen molar-refractivity contribution in [3.8, 4) is 11.5 Å². The first-order chi connectivity index (χ1) is 19.0. The second-order valence-corrected chi connectivity index (χ2v) is 10.0. The van der Waals surface area contributed by atoms with E-state index in [-0.39, 0.29) is 5.57 Å². The fourth-order valence-electron chi connectivity index (χ4n) is 4.93. The Morgan fingerprint density at radius 1 is 0.846 bits per heavy atom. The molecule has 0 radical (unpaired) electrons.